The van der Waals surface area contributed by atoms with Crippen molar-refractivity contribution in [3.05, 3.63) is 22.8 Å². The van der Waals surface area contributed by atoms with Crippen LogP contribution in [-0.2, 0) is 23.8 Å². The molecule has 0 unspecified atom stereocenters. The van der Waals surface area contributed by atoms with Crippen LogP contribution >= 0.6 is 0 Å². The molecule has 1 aromatic rings. The number of aryl methyl sites for hydroxylation is 2. The molecule has 0 spiro atoms. The lowest BCUT2D eigenvalue weighted by Gasteiger charge is -2.33. The highest BCUT2D eigenvalue weighted by molar-refractivity contribution is 5.80. The largest absolute Gasteiger partial charge is 0.433 e. The molecule has 3 rings (SSSR count). The van der Waals surface area contributed by atoms with E-state index < -0.39 is 17.8 Å². The number of hydrogen-bond donors (Lipinski definition) is 0. The number of fused-ring (bicyclic) bond motifs is 1. The molecule has 0 N–H and O–H groups in total. The second kappa shape index (κ2) is 6.01. The fourth-order valence-corrected chi connectivity index (χ4v) is 4.02. The maximum Gasteiger partial charge on any atom is 0.433 e. The SMILES string of the molecule is Cc1nc2c(c(C(F)(F)F)n1)C[C@@H](C(=O)N1[C@H](C)CC[C@@H]1C)CC2. The van der Waals surface area contributed by atoms with Crippen molar-refractivity contribution in [1.82, 2.24) is 14.9 Å². The molecule has 4 nitrogen and oxygen atoms in total. The molecule has 0 bridgehead atoms. The van der Waals surface area contributed by atoms with Crippen molar-refractivity contribution in [2.24, 2.45) is 5.92 Å². The fourth-order valence-electron chi connectivity index (χ4n) is 4.02. The van der Waals surface area contributed by atoms with Crippen LogP contribution in [0.2, 0.25) is 0 Å². The lowest BCUT2D eigenvalue weighted by molar-refractivity contribution is -0.144. The van der Waals surface area contributed by atoms with Crippen molar-refractivity contribution in [3.8, 4) is 0 Å². The summed E-state index contributed by atoms with van der Waals surface area (Å²) in [5.74, 6) is -0.299. The van der Waals surface area contributed by atoms with Gasteiger partial charge in [0.05, 0.1) is 0 Å². The van der Waals surface area contributed by atoms with Crippen LogP contribution in [0.3, 0.4) is 0 Å². The highest BCUT2D eigenvalue weighted by Crippen LogP contribution is 2.37. The third-order valence-corrected chi connectivity index (χ3v) is 5.21. The maximum atomic E-state index is 13.3. The Balaban J connectivity index is 1.90. The number of nitrogens with zero attached hydrogens (tertiary/aromatic N) is 3. The molecule has 24 heavy (non-hydrogen) atoms. The summed E-state index contributed by atoms with van der Waals surface area (Å²) in [6.07, 6.45) is -1.58. The van der Waals surface area contributed by atoms with Crippen molar-refractivity contribution in [1.29, 1.82) is 0 Å². The van der Waals surface area contributed by atoms with E-state index in [1.54, 1.807) is 0 Å². The monoisotopic (exact) mass is 341 g/mol. The first-order valence-corrected chi connectivity index (χ1v) is 8.44. The summed E-state index contributed by atoms with van der Waals surface area (Å²) in [5.41, 5.74) is -0.316. The normalized spacial score (nSPS) is 27.2. The quantitative estimate of drug-likeness (QED) is 0.787. The first-order valence-electron chi connectivity index (χ1n) is 8.44. The molecule has 0 saturated carbocycles. The minimum atomic E-state index is -4.52. The molecule has 132 valence electrons. The van der Waals surface area contributed by atoms with E-state index in [0.717, 1.165) is 12.8 Å². The molecule has 1 saturated heterocycles. The summed E-state index contributed by atoms with van der Waals surface area (Å²) in [6.45, 7) is 5.48. The molecule has 2 heterocycles. The van der Waals surface area contributed by atoms with E-state index in [1.807, 2.05) is 18.7 Å². The van der Waals surface area contributed by atoms with Crippen molar-refractivity contribution in [2.75, 3.05) is 0 Å². The van der Waals surface area contributed by atoms with Crippen LogP contribution in [0.25, 0.3) is 0 Å². The van der Waals surface area contributed by atoms with Gasteiger partial charge in [0.1, 0.15) is 5.82 Å². The Morgan fingerprint density at radius 1 is 1.12 bits per heavy atom. The van der Waals surface area contributed by atoms with E-state index in [1.165, 1.54) is 6.92 Å². The molecule has 0 aromatic carbocycles. The van der Waals surface area contributed by atoms with Crippen LogP contribution in [0.4, 0.5) is 13.2 Å². The van der Waals surface area contributed by atoms with Crippen molar-refractivity contribution >= 4 is 5.91 Å². The van der Waals surface area contributed by atoms with Gasteiger partial charge in [-0.1, -0.05) is 0 Å². The third-order valence-electron chi connectivity index (χ3n) is 5.21. The Hall–Kier alpha value is -1.66. The highest BCUT2D eigenvalue weighted by atomic mass is 19.4. The van der Waals surface area contributed by atoms with Crippen LogP contribution in [-0.4, -0.2) is 32.9 Å². The molecular formula is C17H22F3N3O. The minimum absolute atomic E-state index is 0.0214. The highest BCUT2D eigenvalue weighted by Gasteiger charge is 2.42. The van der Waals surface area contributed by atoms with Crippen LogP contribution < -0.4 is 0 Å². The molecule has 0 radical (unpaired) electrons. The minimum Gasteiger partial charge on any atom is -0.337 e. The zero-order valence-corrected chi connectivity index (χ0v) is 14.2. The lowest BCUT2D eigenvalue weighted by Crippen LogP contribution is -2.44. The van der Waals surface area contributed by atoms with Gasteiger partial charge in [-0.2, -0.15) is 13.2 Å². The number of rotatable bonds is 1. The number of likely N-dealkylation sites (tertiary alicyclic amines) is 1. The molecule has 1 aliphatic carbocycles. The van der Waals surface area contributed by atoms with Gasteiger partial charge in [0.25, 0.3) is 0 Å². The molecule has 2 aliphatic rings. The van der Waals surface area contributed by atoms with Crippen molar-refractivity contribution in [2.45, 2.75) is 71.1 Å². The summed E-state index contributed by atoms with van der Waals surface area (Å²) in [6, 6.07) is 0.315. The summed E-state index contributed by atoms with van der Waals surface area (Å²) in [5, 5.41) is 0. The predicted octanol–water partition coefficient (Wildman–Crippen LogP) is 3.31. The predicted molar refractivity (Wildman–Crippen MR) is 82.3 cm³/mol. The van der Waals surface area contributed by atoms with Gasteiger partial charge in [-0.05, 0) is 52.9 Å². The van der Waals surface area contributed by atoms with Crippen LogP contribution in [0.5, 0.6) is 0 Å². The van der Waals surface area contributed by atoms with Crippen molar-refractivity contribution in [3.63, 3.8) is 0 Å². The standard InChI is InChI=1S/C17H22F3N3O/c1-9-4-5-10(2)23(9)16(24)12-6-7-14-13(8-12)15(17(18,19)20)22-11(3)21-14/h9-10,12H,4-8H2,1-3H3/t9-,10+,12-/m0/s1. The van der Waals surface area contributed by atoms with Crippen LogP contribution in [0.1, 0.15) is 55.9 Å². The van der Waals surface area contributed by atoms with Gasteiger partial charge in [0.2, 0.25) is 5.91 Å². The second-order valence-corrected chi connectivity index (χ2v) is 7.00. The Morgan fingerprint density at radius 3 is 2.33 bits per heavy atom. The molecule has 1 aromatic heterocycles. The van der Waals surface area contributed by atoms with Gasteiger partial charge in [0, 0.05) is 29.3 Å². The third kappa shape index (κ3) is 3.00. The van der Waals surface area contributed by atoms with Gasteiger partial charge in [0.15, 0.2) is 5.69 Å². The molecule has 3 atom stereocenters. The summed E-state index contributed by atoms with van der Waals surface area (Å²) in [4.78, 5) is 22.5. The molecule has 1 fully saturated rings. The summed E-state index contributed by atoms with van der Waals surface area (Å²) < 4.78 is 40.0. The van der Waals surface area contributed by atoms with Gasteiger partial charge in [-0.15, -0.1) is 0 Å². The average Bonchev–Trinajstić information content (AvgIpc) is 2.83. The Kier molecular flexibility index (Phi) is 4.30. The Morgan fingerprint density at radius 2 is 1.75 bits per heavy atom. The molecule has 7 heteroatoms. The summed E-state index contributed by atoms with van der Waals surface area (Å²) in [7, 11) is 0. The molecular weight excluding hydrogens is 319 g/mol. The zero-order valence-electron chi connectivity index (χ0n) is 14.2. The van der Waals surface area contributed by atoms with Crippen LogP contribution in [0, 0.1) is 12.8 Å². The van der Waals surface area contributed by atoms with Gasteiger partial charge >= 0.3 is 6.18 Å². The Bertz CT molecular complexity index is 649. The average molecular weight is 341 g/mol. The maximum absolute atomic E-state index is 13.3. The number of carbonyl (C=O) groups is 1. The summed E-state index contributed by atoms with van der Waals surface area (Å²) >= 11 is 0. The van der Waals surface area contributed by atoms with Crippen LogP contribution in [0.15, 0.2) is 0 Å². The van der Waals surface area contributed by atoms with E-state index in [9.17, 15) is 18.0 Å². The van der Waals surface area contributed by atoms with Gasteiger partial charge < -0.3 is 4.90 Å². The van der Waals surface area contributed by atoms with Gasteiger partial charge in [-0.3, -0.25) is 4.79 Å². The number of aromatic nitrogens is 2. The molecule has 1 amide bonds. The van der Waals surface area contributed by atoms with Crippen molar-refractivity contribution < 1.29 is 18.0 Å². The van der Waals surface area contributed by atoms with E-state index >= 15 is 0 Å². The lowest BCUT2D eigenvalue weighted by atomic mass is 9.84. The number of hydrogen-bond acceptors (Lipinski definition) is 3. The zero-order chi connectivity index (χ0) is 17.6. The van der Waals surface area contributed by atoms with E-state index in [0.29, 0.717) is 18.5 Å². The van der Waals surface area contributed by atoms with E-state index in [2.05, 4.69) is 9.97 Å². The second-order valence-electron chi connectivity index (χ2n) is 7.00. The van der Waals surface area contributed by atoms with E-state index in [-0.39, 0.29) is 35.8 Å². The first-order chi connectivity index (χ1) is 11.2. The first kappa shape index (κ1) is 17.2. The van der Waals surface area contributed by atoms with Gasteiger partial charge in [-0.25, -0.2) is 9.97 Å². The Labute approximate surface area is 139 Å². The topological polar surface area (TPSA) is 46.1 Å². The number of carbonyl (C=O) groups excluding carboxylic acids is 1. The fraction of sp³-hybridized carbons (Fsp3) is 0.706. The number of alkyl halides is 3. The van der Waals surface area contributed by atoms with E-state index in [4.69, 9.17) is 0 Å². The molecule has 1 aliphatic heterocycles. The number of amides is 1. The number of halogens is 3. The smallest absolute Gasteiger partial charge is 0.337 e.